The SMILES string of the molecule is CCOc1ccccc1C(=O)N[C@H](C(=O)Nc1ncc(C)s1)C(C)C. The Morgan fingerprint density at radius 2 is 2.00 bits per heavy atom. The van der Waals surface area contributed by atoms with Crippen LogP contribution in [-0.4, -0.2) is 29.4 Å². The third-order valence-electron chi connectivity index (χ3n) is 3.52. The van der Waals surface area contributed by atoms with Crippen LogP contribution >= 0.6 is 11.3 Å². The van der Waals surface area contributed by atoms with Crippen LogP contribution < -0.4 is 15.4 Å². The van der Waals surface area contributed by atoms with Gasteiger partial charge in [-0.25, -0.2) is 4.98 Å². The summed E-state index contributed by atoms with van der Waals surface area (Å²) in [5.41, 5.74) is 0.410. The number of rotatable bonds is 7. The second-order valence-electron chi connectivity index (χ2n) is 5.89. The Kier molecular flexibility index (Phi) is 6.52. The summed E-state index contributed by atoms with van der Waals surface area (Å²) in [6.45, 7) is 7.99. The van der Waals surface area contributed by atoms with E-state index in [1.54, 1.807) is 30.5 Å². The van der Waals surface area contributed by atoms with Gasteiger partial charge in [0.1, 0.15) is 11.8 Å². The second kappa shape index (κ2) is 8.62. The number of thiazole rings is 1. The fraction of sp³-hybridized carbons (Fsp3) is 0.389. The quantitative estimate of drug-likeness (QED) is 0.793. The van der Waals surface area contributed by atoms with Crippen molar-refractivity contribution in [1.82, 2.24) is 10.3 Å². The van der Waals surface area contributed by atoms with Crippen LogP contribution in [0.4, 0.5) is 5.13 Å². The Labute approximate surface area is 151 Å². The third kappa shape index (κ3) is 5.03. The lowest BCUT2D eigenvalue weighted by atomic mass is 10.0. The predicted octanol–water partition coefficient (Wildman–Crippen LogP) is 3.24. The highest BCUT2D eigenvalue weighted by Gasteiger charge is 2.26. The first-order chi connectivity index (χ1) is 11.9. The molecule has 2 N–H and O–H groups in total. The number of carbonyl (C=O) groups excluding carboxylic acids is 2. The highest BCUT2D eigenvalue weighted by atomic mass is 32.1. The lowest BCUT2D eigenvalue weighted by molar-refractivity contribution is -0.118. The van der Waals surface area contributed by atoms with E-state index in [-0.39, 0.29) is 17.7 Å². The largest absolute Gasteiger partial charge is 0.493 e. The molecule has 0 aliphatic heterocycles. The molecule has 1 heterocycles. The summed E-state index contributed by atoms with van der Waals surface area (Å²) >= 11 is 1.39. The molecule has 0 bridgehead atoms. The molecule has 1 atom stereocenters. The van der Waals surface area contributed by atoms with Gasteiger partial charge >= 0.3 is 0 Å². The van der Waals surface area contributed by atoms with Crippen molar-refractivity contribution >= 4 is 28.3 Å². The van der Waals surface area contributed by atoms with Gasteiger partial charge < -0.3 is 15.4 Å². The van der Waals surface area contributed by atoms with Gasteiger partial charge in [-0.2, -0.15) is 0 Å². The maximum atomic E-state index is 12.6. The second-order valence-corrected chi connectivity index (χ2v) is 7.12. The van der Waals surface area contributed by atoms with Gasteiger partial charge in [0.25, 0.3) is 5.91 Å². The van der Waals surface area contributed by atoms with E-state index < -0.39 is 6.04 Å². The van der Waals surface area contributed by atoms with E-state index in [1.807, 2.05) is 27.7 Å². The molecule has 0 unspecified atom stereocenters. The van der Waals surface area contributed by atoms with E-state index in [0.717, 1.165) is 4.88 Å². The van der Waals surface area contributed by atoms with Crippen LogP contribution in [0.1, 0.15) is 36.0 Å². The van der Waals surface area contributed by atoms with Crippen LogP contribution in [0.25, 0.3) is 0 Å². The summed E-state index contributed by atoms with van der Waals surface area (Å²) < 4.78 is 5.49. The number of hydrogen-bond acceptors (Lipinski definition) is 5. The molecule has 0 radical (unpaired) electrons. The Bertz CT molecular complexity index is 743. The lowest BCUT2D eigenvalue weighted by Gasteiger charge is -2.21. The van der Waals surface area contributed by atoms with Gasteiger partial charge in [0.2, 0.25) is 5.91 Å². The number of nitrogens with one attached hydrogen (secondary N) is 2. The van der Waals surface area contributed by atoms with E-state index in [2.05, 4.69) is 15.6 Å². The number of aromatic nitrogens is 1. The molecule has 0 saturated carbocycles. The maximum Gasteiger partial charge on any atom is 0.255 e. The minimum absolute atomic E-state index is 0.0794. The van der Waals surface area contributed by atoms with E-state index in [0.29, 0.717) is 23.1 Å². The first kappa shape index (κ1) is 18.9. The average Bonchev–Trinajstić information content (AvgIpc) is 2.97. The van der Waals surface area contributed by atoms with Gasteiger partial charge in [-0.05, 0) is 31.9 Å². The molecule has 134 valence electrons. The zero-order valence-corrected chi connectivity index (χ0v) is 15.6. The Morgan fingerprint density at radius 3 is 2.60 bits per heavy atom. The van der Waals surface area contributed by atoms with Crippen molar-refractivity contribution in [2.75, 3.05) is 11.9 Å². The van der Waals surface area contributed by atoms with E-state index in [9.17, 15) is 9.59 Å². The summed E-state index contributed by atoms with van der Waals surface area (Å²) in [5.74, 6) is -0.204. The van der Waals surface area contributed by atoms with Gasteiger partial charge in [0.05, 0.1) is 12.2 Å². The van der Waals surface area contributed by atoms with Crippen molar-refractivity contribution in [3.8, 4) is 5.75 Å². The van der Waals surface area contributed by atoms with Gasteiger partial charge in [-0.3, -0.25) is 9.59 Å². The lowest BCUT2D eigenvalue weighted by Crippen LogP contribution is -2.47. The Hall–Kier alpha value is -2.41. The number of anilines is 1. The maximum absolute atomic E-state index is 12.6. The highest BCUT2D eigenvalue weighted by molar-refractivity contribution is 7.15. The van der Waals surface area contributed by atoms with Crippen molar-refractivity contribution in [2.24, 2.45) is 5.92 Å². The van der Waals surface area contributed by atoms with Crippen molar-refractivity contribution in [3.63, 3.8) is 0 Å². The number of aryl methyl sites for hydroxylation is 1. The van der Waals surface area contributed by atoms with Crippen LogP contribution in [0, 0.1) is 12.8 Å². The predicted molar refractivity (Wildman–Crippen MR) is 99.2 cm³/mol. The van der Waals surface area contributed by atoms with Gasteiger partial charge in [-0.15, -0.1) is 11.3 Å². The first-order valence-electron chi connectivity index (χ1n) is 8.18. The topological polar surface area (TPSA) is 80.3 Å². The van der Waals surface area contributed by atoms with Crippen molar-refractivity contribution < 1.29 is 14.3 Å². The molecule has 7 heteroatoms. The number of para-hydroxylation sites is 1. The molecule has 0 fully saturated rings. The smallest absolute Gasteiger partial charge is 0.255 e. The summed E-state index contributed by atoms with van der Waals surface area (Å²) in [5, 5.41) is 6.09. The molecule has 2 amide bonds. The van der Waals surface area contributed by atoms with Gasteiger partial charge in [0, 0.05) is 11.1 Å². The van der Waals surface area contributed by atoms with E-state index in [1.165, 1.54) is 11.3 Å². The fourth-order valence-electron chi connectivity index (χ4n) is 2.29. The minimum atomic E-state index is -0.675. The minimum Gasteiger partial charge on any atom is -0.493 e. The molecule has 0 aliphatic carbocycles. The fourth-order valence-corrected chi connectivity index (χ4v) is 2.95. The molecule has 0 saturated heterocycles. The first-order valence-corrected chi connectivity index (χ1v) is 9.00. The van der Waals surface area contributed by atoms with Crippen molar-refractivity contribution in [2.45, 2.75) is 33.7 Å². The monoisotopic (exact) mass is 361 g/mol. The Balaban J connectivity index is 2.13. The third-order valence-corrected chi connectivity index (χ3v) is 4.35. The molecule has 6 nitrogen and oxygen atoms in total. The number of nitrogens with zero attached hydrogens (tertiary/aromatic N) is 1. The van der Waals surface area contributed by atoms with Crippen LogP contribution in [0.15, 0.2) is 30.5 Å². The summed E-state index contributed by atoms with van der Waals surface area (Å²) in [7, 11) is 0. The van der Waals surface area contributed by atoms with Crippen LogP contribution in [0.3, 0.4) is 0 Å². The highest BCUT2D eigenvalue weighted by Crippen LogP contribution is 2.20. The molecule has 0 aliphatic rings. The van der Waals surface area contributed by atoms with E-state index in [4.69, 9.17) is 4.74 Å². The van der Waals surface area contributed by atoms with E-state index >= 15 is 0 Å². The number of benzene rings is 1. The van der Waals surface area contributed by atoms with Crippen molar-refractivity contribution in [1.29, 1.82) is 0 Å². The van der Waals surface area contributed by atoms with Crippen LogP contribution in [-0.2, 0) is 4.79 Å². The zero-order chi connectivity index (χ0) is 18.4. The standard InChI is InChI=1S/C18H23N3O3S/c1-5-24-14-9-7-6-8-13(14)16(22)20-15(11(2)3)17(23)21-18-19-10-12(4)25-18/h6-11,15H,5H2,1-4H3,(H,20,22)(H,19,21,23)/t15-/m0/s1. The molecule has 2 rings (SSSR count). The number of amides is 2. The van der Waals surface area contributed by atoms with Gasteiger partial charge in [-0.1, -0.05) is 26.0 Å². The normalized spacial score (nSPS) is 11.9. The van der Waals surface area contributed by atoms with Gasteiger partial charge in [0.15, 0.2) is 5.13 Å². The molecule has 25 heavy (non-hydrogen) atoms. The van der Waals surface area contributed by atoms with Crippen LogP contribution in [0.2, 0.25) is 0 Å². The molecular formula is C18H23N3O3S. The zero-order valence-electron chi connectivity index (χ0n) is 14.8. The number of carbonyl (C=O) groups is 2. The summed E-state index contributed by atoms with van der Waals surface area (Å²) in [4.78, 5) is 30.3. The van der Waals surface area contributed by atoms with Crippen LogP contribution in [0.5, 0.6) is 5.75 Å². The number of ether oxygens (including phenoxy) is 1. The molecule has 0 spiro atoms. The van der Waals surface area contributed by atoms with Crippen molar-refractivity contribution in [3.05, 3.63) is 40.9 Å². The average molecular weight is 361 g/mol. The summed E-state index contributed by atoms with van der Waals surface area (Å²) in [6, 6.07) is 6.31. The number of hydrogen-bond donors (Lipinski definition) is 2. The molecule has 2 aromatic rings. The Morgan fingerprint density at radius 1 is 1.28 bits per heavy atom. The molecular weight excluding hydrogens is 338 g/mol. The molecule has 1 aromatic heterocycles. The molecule has 1 aromatic carbocycles. The summed E-state index contributed by atoms with van der Waals surface area (Å²) in [6.07, 6.45) is 1.70.